The number of amides is 2. The molecule has 0 aromatic heterocycles. The molecule has 8 rings (SSSR count). The Labute approximate surface area is 750 Å². The van der Waals surface area contributed by atoms with E-state index in [2.05, 4.69) is 35.9 Å². The first-order chi connectivity index (χ1) is 56.5. The Morgan fingerprint density at radius 2 is 1.04 bits per heavy atom. The van der Waals surface area contributed by atoms with Crippen molar-refractivity contribution in [3.05, 3.63) is 36.1 Å². The standard InChI is InChI=1S/C44H75NO29S.C27H42NO12S.CO2.2Na/c1-16-19(53)10-44(43(63)64,73-34(16)26(55)20(54)11-46)74-38-33(62)42(70-35-23(14-49)68-40(32(61)30(35)59)65-8-4-3-6-18(52)7-5-9-75)69-24(15-50)36(38)71-39-25(45-17(2)51)37(28(57)22(13-48)66-39)72-41-31(60)29(58)27(56)21(12-47)67-41;1-14-17(31)11-21(39-25(14)22(34)18(32)12-29)40-26-23(35)19(13-30)38-27(24(26)36)37-16-6-4-15(5-7-16)8-9-28-20(33)3-2-10-41;2-1-3;;/h16,19-42,46-50,53-62,75H,3-15H2,1-2H3,(H,45,51)(H,63,64);4-7,14,17-19,22-27,29-32,34-36,41H,2-3,8-13H2,1H3,(H,28,33);;;/q;-1;;2*+1/p-1/t16-,19?,20-,21?,22?,23?,24?,25?,26-,27+,28+,29+,30-,31?,32?,33?,34-,35-,36+,37-,38-,39+,40-,41+,42+,44+;14-,17-,18-,19?,22-,23+,24?,25?,26+,27-;;;/m11.../s1. The zero-order chi connectivity index (χ0) is 88.4. The van der Waals surface area contributed by atoms with Crippen molar-refractivity contribution in [3.63, 3.8) is 0 Å². The molecule has 0 aliphatic carbocycles. The van der Waals surface area contributed by atoms with Crippen LogP contribution in [0.5, 0.6) is 5.75 Å². The van der Waals surface area contributed by atoms with E-state index in [0.29, 0.717) is 68.7 Å². The van der Waals surface area contributed by atoms with Crippen LogP contribution in [0.4, 0.5) is 0 Å². The van der Waals surface area contributed by atoms with Gasteiger partial charge in [-0.25, -0.2) is 0 Å². The summed E-state index contributed by atoms with van der Waals surface area (Å²) >= 11 is 8.19. The van der Waals surface area contributed by atoms with Crippen LogP contribution in [0.25, 0.3) is 0 Å². The van der Waals surface area contributed by atoms with E-state index >= 15 is 0 Å². The molecule has 7 heterocycles. The van der Waals surface area contributed by atoms with E-state index in [1.807, 2.05) is 0 Å². The van der Waals surface area contributed by atoms with Crippen molar-refractivity contribution < 1.29 is 272 Å². The van der Waals surface area contributed by atoms with Gasteiger partial charge in [0.15, 0.2) is 25.2 Å². The van der Waals surface area contributed by atoms with E-state index < -0.39 is 284 Å². The fraction of sp³-hybridized carbons (Fsp3) is 0.833. The molecule has 1 aromatic carbocycles. The number of benzene rings is 1. The summed E-state index contributed by atoms with van der Waals surface area (Å²) in [4.78, 5) is 66.2. The maximum absolute atomic E-state index is 13.3. The number of aliphatic hydroxyl groups excluding tert-OH is 22. The first-order valence-corrected chi connectivity index (χ1v) is 39.9. The molecule has 0 radical (unpaired) electrons. The van der Waals surface area contributed by atoms with Gasteiger partial charge in [-0.2, -0.15) is 34.8 Å². The number of Topliss-reactive ketones (excluding diaryl/α,β-unsaturated/α-hetero) is 1. The molecular formula is C72H116N2Na2O43S2. The molecule has 686 valence electrons. The molecule has 0 spiro atoms. The second-order valence-corrected chi connectivity index (χ2v) is 30.4. The van der Waals surface area contributed by atoms with Gasteiger partial charge in [-0.1, -0.05) is 32.3 Å². The summed E-state index contributed by atoms with van der Waals surface area (Å²) in [5, 5.41) is 252. The minimum Gasteiger partial charge on any atom is -0.544 e. The summed E-state index contributed by atoms with van der Waals surface area (Å²) in [5.74, 6) is -6.80. The summed E-state index contributed by atoms with van der Waals surface area (Å²) in [5.41, 5.74) is 0.934. The summed E-state index contributed by atoms with van der Waals surface area (Å²) in [6.07, 6.45) is -55.0. The molecule has 7 fully saturated rings. The van der Waals surface area contributed by atoms with Crippen molar-refractivity contribution in [2.45, 2.75) is 293 Å². The number of carboxylic acids is 1. The molecular weight excluding hydrogens is 1690 g/mol. The number of aliphatic carboxylic acids is 1. The van der Waals surface area contributed by atoms with Crippen LogP contribution in [0.1, 0.15) is 84.1 Å². The van der Waals surface area contributed by atoms with Crippen molar-refractivity contribution in [1.82, 2.24) is 10.6 Å². The van der Waals surface area contributed by atoms with Crippen LogP contribution < -0.4 is 79.6 Å². The van der Waals surface area contributed by atoms with E-state index in [1.165, 1.54) is 6.92 Å². The van der Waals surface area contributed by atoms with Crippen LogP contribution in [0.2, 0.25) is 0 Å². The molecule has 7 saturated heterocycles. The molecule has 121 heavy (non-hydrogen) atoms. The third-order valence-corrected chi connectivity index (χ3v) is 21.7. The molecule has 45 nitrogen and oxygen atoms in total. The van der Waals surface area contributed by atoms with Crippen LogP contribution >= 0.6 is 25.3 Å². The monoisotopic (exact) mass is 1810 g/mol. The van der Waals surface area contributed by atoms with Crippen LogP contribution in [-0.4, -0.2) is 421 Å². The predicted molar refractivity (Wildman–Crippen MR) is 393 cm³/mol. The fourth-order valence-corrected chi connectivity index (χ4v) is 14.4. The van der Waals surface area contributed by atoms with E-state index in [-0.39, 0.29) is 103 Å². The summed E-state index contributed by atoms with van der Waals surface area (Å²) in [6, 6.07) is 5.04. The zero-order valence-electron chi connectivity index (χ0n) is 67.2. The number of carboxylic acid groups (broad SMARTS) is 1. The van der Waals surface area contributed by atoms with Crippen LogP contribution in [0, 0.1) is 18.1 Å². The van der Waals surface area contributed by atoms with Gasteiger partial charge in [0.05, 0.1) is 70.7 Å². The van der Waals surface area contributed by atoms with E-state index in [1.54, 1.807) is 31.2 Å². The van der Waals surface area contributed by atoms with Gasteiger partial charge in [0.1, 0.15) is 158 Å². The maximum Gasteiger partial charge on any atom is 1.00 e. The average molecular weight is 1810 g/mol. The Kier molecular flexibility index (Phi) is 50.0. The number of ether oxygens (including phenoxy) is 14. The third-order valence-electron chi connectivity index (χ3n) is 21.0. The first kappa shape index (κ1) is 111. The zero-order valence-corrected chi connectivity index (χ0v) is 73.0. The number of nitrogens with one attached hydrogen (secondary N) is 2. The molecule has 7 aliphatic heterocycles. The number of carbonyl (C=O) groups is 4. The minimum atomic E-state index is -3.29. The molecule has 49 heteroatoms. The smallest absolute Gasteiger partial charge is 0.544 e. The van der Waals surface area contributed by atoms with Gasteiger partial charge in [-0.15, -0.1) is 6.42 Å². The summed E-state index contributed by atoms with van der Waals surface area (Å²) in [7, 11) is 0. The number of unbranched alkanes of at least 4 members (excludes halogenated alkanes) is 1. The largest absolute Gasteiger partial charge is 1.00 e. The van der Waals surface area contributed by atoms with Gasteiger partial charge in [0.2, 0.25) is 23.9 Å². The number of carbonyl (C=O) groups excluding carboxylic acids is 6. The van der Waals surface area contributed by atoms with Gasteiger partial charge in [0, 0.05) is 63.7 Å². The Balaban J connectivity index is 0.000000563. The molecule has 7 aliphatic rings. The van der Waals surface area contributed by atoms with Crippen LogP contribution in [0.3, 0.4) is 0 Å². The molecule has 12 unspecified atom stereocenters. The van der Waals surface area contributed by atoms with E-state index in [0.717, 1.165) is 12.5 Å². The number of aliphatic hydroxyl groups is 22. The predicted octanol–water partition coefficient (Wildman–Crippen LogP) is -18.5. The molecule has 1 aromatic rings. The topological polar surface area (TPSA) is 724 Å². The maximum atomic E-state index is 13.3. The number of hydrogen-bond donors (Lipinski definition) is 26. The van der Waals surface area contributed by atoms with Gasteiger partial charge >= 0.3 is 65.3 Å². The summed E-state index contributed by atoms with van der Waals surface area (Å²) < 4.78 is 81.2. The second-order valence-electron chi connectivity index (χ2n) is 29.5. The molecule has 2 amide bonds. The van der Waals surface area contributed by atoms with Crippen molar-refractivity contribution in [1.29, 1.82) is 0 Å². The van der Waals surface area contributed by atoms with Crippen molar-refractivity contribution >= 4 is 55.0 Å². The van der Waals surface area contributed by atoms with Crippen LogP contribution in [0.15, 0.2) is 24.3 Å². The van der Waals surface area contributed by atoms with Crippen molar-refractivity contribution in [3.8, 4) is 5.75 Å². The second kappa shape index (κ2) is 54.4. The Bertz CT molecular complexity index is 3200. The number of hydrogen-bond acceptors (Lipinski definition) is 45. The SMILES string of the molecule is CC(=O)NC1[C@H](O[C@H]2C(CO)O[C@@H](O[C@@H]3C(CO)O[C@@H](OCCCCC(=O)CCCS)C(O)[C@H]3O)C(O)[C@H]2O[C@]2(C(=O)[O-])CC(O)[C@@H](C)[C@H]([C@H](O)[C@H](O)CO)O2)OC(CO)[C@H](O)[C@@H]1O[C@@H]1OC(CO)[C@H](O)[C@H](O)C1O.C[C@H]1C([C@H](O)[C@H](O)CO)O[C-](O[C@@H]2C(O)[C@H](Oc3ccc(CCNC(=O)CCCS)cc3)OC(CO)[C@@H]2O)C[C@H]1O.O=C=O.[Na+].[Na+]. The van der Waals surface area contributed by atoms with Gasteiger partial charge in [-0.05, 0) is 61.3 Å². The van der Waals surface area contributed by atoms with Crippen LogP contribution in [-0.2, 0) is 96.8 Å². The number of rotatable bonds is 40. The molecule has 24 N–H and O–H groups in total. The first-order valence-electron chi connectivity index (χ1n) is 38.6. The molecule has 0 bridgehead atoms. The van der Waals surface area contributed by atoms with Gasteiger partial charge in [-0.3, -0.25) is 14.4 Å². The van der Waals surface area contributed by atoms with Crippen molar-refractivity contribution in [2.24, 2.45) is 11.8 Å². The molecule has 36 atom stereocenters. The minimum absolute atomic E-state index is 0. The van der Waals surface area contributed by atoms with Gasteiger partial charge < -0.3 is 199 Å². The quantitative estimate of drug-likeness (QED) is 0.0126. The third kappa shape index (κ3) is 30.2. The fourth-order valence-electron chi connectivity index (χ4n) is 14.1. The normalized spacial score (nSPS) is 37.9. The number of thiol groups is 2. The average Bonchev–Trinajstić information content (AvgIpc) is 0.746. The van der Waals surface area contributed by atoms with E-state index in [9.17, 15) is 137 Å². The number of ketones is 1. The Morgan fingerprint density at radius 3 is 1.61 bits per heavy atom. The molecule has 0 saturated carbocycles. The Morgan fingerprint density at radius 1 is 0.562 bits per heavy atom. The summed E-state index contributed by atoms with van der Waals surface area (Å²) in [6.45, 7) is -2.29. The van der Waals surface area contributed by atoms with Crippen molar-refractivity contribution in [2.75, 3.05) is 70.9 Å². The van der Waals surface area contributed by atoms with Gasteiger partial charge in [0.25, 0.3) is 0 Å². The van der Waals surface area contributed by atoms with E-state index in [4.69, 9.17) is 75.9 Å². The Hall–Kier alpha value is -2.22.